The van der Waals surface area contributed by atoms with E-state index in [0.717, 1.165) is 0 Å². The number of hydrogen-bond donors (Lipinski definition) is 6. The fourth-order valence-electron chi connectivity index (χ4n) is 2.81. The van der Waals surface area contributed by atoms with Crippen LogP contribution < -0.4 is 11.1 Å². The van der Waals surface area contributed by atoms with Crippen LogP contribution in [0.15, 0.2) is 0 Å². The van der Waals surface area contributed by atoms with Crippen LogP contribution in [0, 0.1) is 5.92 Å². The minimum atomic E-state index is -1.20. The summed E-state index contributed by atoms with van der Waals surface area (Å²) in [6.07, 6.45) is 0.578. The highest BCUT2D eigenvalue weighted by atomic mass is 16.4. The highest BCUT2D eigenvalue weighted by Gasteiger charge is 2.27. The summed E-state index contributed by atoms with van der Waals surface area (Å²) in [4.78, 5) is 44.2. The van der Waals surface area contributed by atoms with Crippen LogP contribution in [0.1, 0.15) is 32.1 Å². The molecule has 0 amide bonds. The topological polar surface area (TPSA) is 180 Å². The first kappa shape index (κ1) is 21.8. The Morgan fingerprint density at radius 3 is 1.92 bits per heavy atom. The molecule has 2 unspecified atom stereocenters. The van der Waals surface area contributed by atoms with Crippen LogP contribution in [-0.4, -0.2) is 80.0 Å². The third-order valence-corrected chi connectivity index (χ3v) is 4.01. The molecule has 0 bridgehead atoms. The Balaban J connectivity index is 2.98. The molecule has 1 rings (SSSR count). The molecule has 26 heavy (non-hydrogen) atoms. The molecule has 148 valence electrons. The van der Waals surface area contributed by atoms with Gasteiger partial charge in [0.2, 0.25) is 0 Å². The molecule has 1 aliphatic heterocycles. The molecule has 0 radical (unpaired) electrons. The number of carboxylic acid groups (broad SMARTS) is 4. The first-order valence-electron chi connectivity index (χ1n) is 8.07. The number of aliphatic carboxylic acids is 4. The Morgan fingerprint density at radius 1 is 0.769 bits per heavy atom. The standard InChI is InChI=1S/C14H24N4O8/c19-11(20)5-9-1-2-10(6-12(21)22)18(8-14(25)26)16-15-17(4-3-9)7-13(23)24/h9-10,15-16H,1-8H2,(H,19,20)(H,21,22)(H,23,24)(H,25,26). The lowest BCUT2D eigenvalue weighted by molar-refractivity contribution is -0.147. The lowest BCUT2D eigenvalue weighted by atomic mass is 9.92. The zero-order valence-electron chi connectivity index (χ0n) is 14.1. The summed E-state index contributed by atoms with van der Waals surface area (Å²) in [5.41, 5.74) is 5.15. The number of hydrogen-bond acceptors (Lipinski definition) is 8. The van der Waals surface area contributed by atoms with Gasteiger partial charge in [0.05, 0.1) is 6.42 Å². The molecule has 0 saturated carbocycles. The van der Waals surface area contributed by atoms with Crippen LogP contribution in [0.5, 0.6) is 0 Å². The van der Waals surface area contributed by atoms with Crippen LogP contribution in [-0.2, 0) is 19.2 Å². The summed E-state index contributed by atoms with van der Waals surface area (Å²) in [6, 6.07) is -0.711. The highest BCUT2D eigenvalue weighted by molar-refractivity contribution is 5.70. The molecule has 0 aromatic rings. The maximum absolute atomic E-state index is 11.1. The van der Waals surface area contributed by atoms with E-state index < -0.39 is 43.0 Å². The molecule has 1 aliphatic rings. The van der Waals surface area contributed by atoms with Gasteiger partial charge in [-0.2, -0.15) is 11.1 Å². The first-order chi connectivity index (χ1) is 12.2. The van der Waals surface area contributed by atoms with Crippen molar-refractivity contribution < 1.29 is 39.6 Å². The van der Waals surface area contributed by atoms with Crippen molar-refractivity contribution in [2.45, 2.75) is 38.1 Å². The number of carboxylic acids is 4. The number of carbonyl (C=O) groups is 4. The molecule has 0 aromatic heterocycles. The van der Waals surface area contributed by atoms with Crippen molar-refractivity contribution in [1.29, 1.82) is 0 Å². The van der Waals surface area contributed by atoms with Crippen molar-refractivity contribution in [3.8, 4) is 0 Å². The average molecular weight is 376 g/mol. The molecule has 12 nitrogen and oxygen atoms in total. The van der Waals surface area contributed by atoms with E-state index in [1.807, 2.05) is 0 Å². The fraction of sp³-hybridized carbons (Fsp3) is 0.714. The predicted octanol–water partition coefficient (Wildman–Crippen LogP) is -1.20. The van der Waals surface area contributed by atoms with Gasteiger partial charge >= 0.3 is 23.9 Å². The van der Waals surface area contributed by atoms with Gasteiger partial charge in [-0.1, -0.05) is 0 Å². The van der Waals surface area contributed by atoms with Crippen LogP contribution in [0.3, 0.4) is 0 Å². The second-order valence-corrected chi connectivity index (χ2v) is 6.14. The monoisotopic (exact) mass is 376 g/mol. The van der Waals surface area contributed by atoms with E-state index in [1.165, 1.54) is 10.0 Å². The maximum atomic E-state index is 11.1. The Hall–Kier alpha value is -2.28. The van der Waals surface area contributed by atoms with Crippen LogP contribution >= 0.6 is 0 Å². The largest absolute Gasteiger partial charge is 0.481 e. The van der Waals surface area contributed by atoms with E-state index in [0.29, 0.717) is 12.8 Å². The lowest BCUT2D eigenvalue weighted by Gasteiger charge is -2.35. The molecule has 6 N–H and O–H groups in total. The number of nitrogens with zero attached hydrogens (tertiary/aromatic N) is 2. The highest BCUT2D eigenvalue weighted by Crippen LogP contribution is 2.21. The van der Waals surface area contributed by atoms with Crippen LogP contribution in [0.4, 0.5) is 0 Å². The number of rotatable bonds is 8. The summed E-state index contributed by atoms with van der Waals surface area (Å²) in [6.45, 7) is -0.700. The van der Waals surface area contributed by atoms with Crippen LogP contribution in [0.25, 0.3) is 0 Å². The Labute approximate surface area is 149 Å². The quantitative estimate of drug-likeness (QED) is 0.298. The molecule has 0 aromatic carbocycles. The van der Waals surface area contributed by atoms with Crippen molar-refractivity contribution in [3.63, 3.8) is 0 Å². The molecule has 1 heterocycles. The summed E-state index contributed by atoms with van der Waals surface area (Å²) in [5.74, 6) is -4.73. The summed E-state index contributed by atoms with van der Waals surface area (Å²) in [5, 5.41) is 38.6. The average Bonchev–Trinajstić information content (AvgIpc) is 2.49. The van der Waals surface area contributed by atoms with Gasteiger partial charge in [-0.05, 0) is 25.2 Å². The Kier molecular flexibility index (Phi) is 8.92. The van der Waals surface area contributed by atoms with Crippen molar-refractivity contribution in [3.05, 3.63) is 0 Å². The minimum Gasteiger partial charge on any atom is -0.481 e. The maximum Gasteiger partial charge on any atom is 0.319 e. The van der Waals surface area contributed by atoms with E-state index in [2.05, 4.69) is 11.1 Å². The summed E-state index contributed by atoms with van der Waals surface area (Å²) < 4.78 is 0. The third kappa shape index (κ3) is 8.71. The van der Waals surface area contributed by atoms with Crippen LogP contribution in [0.2, 0.25) is 0 Å². The van der Waals surface area contributed by atoms with Crippen molar-refractivity contribution in [1.82, 2.24) is 21.1 Å². The van der Waals surface area contributed by atoms with Gasteiger partial charge in [0.15, 0.2) is 0 Å². The summed E-state index contributed by atoms with van der Waals surface area (Å²) in [7, 11) is 0. The third-order valence-electron chi connectivity index (χ3n) is 4.01. The summed E-state index contributed by atoms with van der Waals surface area (Å²) >= 11 is 0. The predicted molar refractivity (Wildman–Crippen MR) is 85.5 cm³/mol. The van der Waals surface area contributed by atoms with Gasteiger partial charge in [-0.3, -0.25) is 19.2 Å². The van der Waals surface area contributed by atoms with E-state index in [-0.39, 0.29) is 31.7 Å². The Bertz CT molecular complexity index is 483. The second kappa shape index (κ2) is 10.7. The fourth-order valence-corrected chi connectivity index (χ4v) is 2.81. The zero-order chi connectivity index (χ0) is 19.7. The minimum absolute atomic E-state index is 0.132. The van der Waals surface area contributed by atoms with Gasteiger partial charge in [-0.25, -0.2) is 10.0 Å². The molecule has 1 saturated heterocycles. The number of hydrazine groups is 3. The van der Waals surface area contributed by atoms with Gasteiger partial charge < -0.3 is 20.4 Å². The molecular formula is C14H24N4O8. The van der Waals surface area contributed by atoms with Crippen molar-refractivity contribution in [2.24, 2.45) is 5.92 Å². The number of nitrogens with one attached hydrogen (secondary N) is 2. The van der Waals surface area contributed by atoms with E-state index in [4.69, 9.17) is 20.4 Å². The molecule has 0 aliphatic carbocycles. The van der Waals surface area contributed by atoms with Gasteiger partial charge in [0.25, 0.3) is 0 Å². The van der Waals surface area contributed by atoms with Gasteiger partial charge in [0, 0.05) is 19.0 Å². The second-order valence-electron chi connectivity index (χ2n) is 6.14. The molecule has 2 atom stereocenters. The van der Waals surface area contributed by atoms with Crippen molar-refractivity contribution in [2.75, 3.05) is 19.6 Å². The Morgan fingerprint density at radius 2 is 1.38 bits per heavy atom. The lowest BCUT2D eigenvalue weighted by Crippen LogP contribution is -2.60. The van der Waals surface area contributed by atoms with E-state index >= 15 is 0 Å². The first-order valence-corrected chi connectivity index (χ1v) is 8.07. The van der Waals surface area contributed by atoms with E-state index in [1.54, 1.807) is 0 Å². The van der Waals surface area contributed by atoms with E-state index in [9.17, 15) is 19.2 Å². The van der Waals surface area contributed by atoms with Crippen molar-refractivity contribution >= 4 is 23.9 Å². The van der Waals surface area contributed by atoms with Gasteiger partial charge in [-0.15, -0.1) is 0 Å². The normalized spacial score (nSPS) is 23.2. The molecule has 1 fully saturated rings. The zero-order valence-corrected chi connectivity index (χ0v) is 14.1. The molecular weight excluding hydrogens is 352 g/mol. The van der Waals surface area contributed by atoms with Gasteiger partial charge in [0.1, 0.15) is 13.1 Å². The smallest absolute Gasteiger partial charge is 0.319 e. The molecule has 0 spiro atoms. The SMILES string of the molecule is O=C(O)CC1CCC(CC(=O)O)N(CC(=O)O)NNN(CC(=O)O)CC1. The molecule has 12 heteroatoms.